The number of ether oxygens (including phenoxy) is 2. The lowest BCUT2D eigenvalue weighted by atomic mass is 10.3. The Morgan fingerprint density at radius 3 is 1.44 bits per heavy atom. The molecule has 2 aromatic rings. The fraction of sp³-hybridized carbons (Fsp3) is 0.200. The maximum absolute atomic E-state index is 5.78. The predicted octanol–water partition coefficient (Wildman–Crippen LogP) is 2.99. The van der Waals surface area contributed by atoms with E-state index < -0.39 is 6.41 Å². The molecule has 2 rings (SSSR count). The zero-order valence-corrected chi connectivity index (χ0v) is 10.6. The number of para-hydroxylation sites is 2. The van der Waals surface area contributed by atoms with E-state index in [0.717, 1.165) is 11.5 Å². The Morgan fingerprint density at radius 2 is 1.11 bits per heavy atom. The van der Waals surface area contributed by atoms with E-state index in [1.807, 2.05) is 79.7 Å². The summed E-state index contributed by atoms with van der Waals surface area (Å²) in [6.45, 7) is 0. The van der Waals surface area contributed by atoms with Gasteiger partial charge in [0.05, 0.1) is 0 Å². The molecule has 0 radical (unpaired) electrons. The molecule has 0 amide bonds. The Bertz CT molecular complexity index is 415. The summed E-state index contributed by atoms with van der Waals surface area (Å²) < 4.78 is 11.6. The van der Waals surface area contributed by atoms with Crippen LogP contribution in [-0.4, -0.2) is 25.4 Å². The molecule has 0 aliphatic carbocycles. The van der Waals surface area contributed by atoms with Crippen molar-refractivity contribution < 1.29 is 9.47 Å². The first-order valence-electron chi connectivity index (χ1n) is 5.85. The zero-order valence-electron chi connectivity index (χ0n) is 10.6. The molecule has 0 aliphatic heterocycles. The molecule has 2 aromatic carbocycles. The van der Waals surface area contributed by atoms with Crippen LogP contribution < -0.4 is 9.47 Å². The largest absolute Gasteiger partial charge is 0.442 e. The minimum Gasteiger partial charge on any atom is -0.442 e. The van der Waals surface area contributed by atoms with E-state index in [1.54, 1.807) is 0 Å². The molecule has 0 spiro atoms. The van der Waals surface area contributed by atoms with Crippen molar-refractivity contribution in [1.29, 1.82) is 0 Å². The van der Waals surface area contributed by atoms with Gasteiger partial charge in [-0.25, -0.2) is 4.90 Å². The van der Waals surface area contributed by atoms with Crippen molar-refractivity contribution in [3.63, 3.8) is 0 Å². The molecule has 0 unspecified atom stereocenters. The van der Waals surface area contributed by atoms with Crippen molar-refractivity contribution in [2.24, 2.45) is 0 Å². The smallest absolute Gasteiger partial charge is 0.304 e. The fourth-order valence-corrected chi connectivity index (χ4v) is 1.47. The third-order valence-corrected chi connectivity index (χ3v) is 2.38. The highest BCUT2D eigenvalue weighted by molar-refractivity contribution is 5.23. The topological polar surface area (TPSA) is 21.7 Å². The summed E-state index contributed by atoms with van der Waals surface area (Å²) in [6.07, 6.45) is -0.449. The average Bonchev–Trinajstić information content (AvgIpc) is 2.40. The molecule has 3 nitrogen and oxygen atoms in total. The van der Waals surface area contributed by atoms with Crippen LogP contribution in [-0.2, 0) is 0 Å². The van der Waals surface area contributed by atoms with Crippen LogP contribution in [0.2, 0.25) is 0 Å². The second-order valence-corrected chi connectivity index (χ2v) is 4.13. The van der Waals surface area contributed by atoms with Crippen molar-refractivity contribution >= 4 is 0 Å². The highest BCUT2D eigenvalue weighted by atomic mass is 16.7. The van der Waals surface area contributed by atoms with Crippen LogP contribution in [0.5, 0.6) is 11.5 Å². The standard InChI is InChI=1S/C15H17NO2/c1-16(2)15(17-13-9-5-3-6-10-13)18-14-11-7-4-8-12-14/h3-12,15H,1-2H3. The van der Waals surface area contributed by atoms with E-state index in [0.29, 0.717) is 0 Å². The molecule has 0 bridgehead atoms. The first-order valence-corrected chi connectivity index (χ1v) is 5.85. The highest BCUT2D eigenvalue weighted by Gasteiger charge is 2.14. The third kappa shape index (κ3) is 3.50. The summed E-state index contributed by atoms with van der Waals surface area (Å²) in [4.78, 5) is 1.88. The number of hydrogen-bond acceptors (Lipinski definition) is 3. The Kier molecular flexibility index (Phi) is 4.20. The fourth-order valence-electron chi connectivity index (χ4n) is 1.47. The van der Waals surface area contributed by atoms with Gasteiger partial charge in [0.2, 0.25) is 0 Å². The Morgan fingerprint density at radius 1 is 0.722 bits per heavy atom. The molecule has 0 fully saturated rings. The maximum Gasteiger partial charge on any atom is 0.304 e. The maximum atomic E-state index is 5.78. The first kappa shape index (κ1) is 12.5. The summed E-state index contributed by atoms with van der Waals surface area (Å²) >= 11 is 0. The van der Waals surface area contributed by atoms with E-state index in [9.17, 15) is 0 Å². The van der Waals surface area contributed by atoms with E-state index >= 15 is 0 Å². The number of nitrogens with zero attached hydrogens (tertiary/aromatic N) is 1. The molecule has 0 heterocycles. The molecule has 0 aliphatic rings. The van der Waals surface area contributed by atoms with Crippen molar-refractivity contribution in [3.05, 3.63) is 60.7 Å². The van der Waals surface area contributed by atoms with E-state index in [-0.39, 0.29) is 0 Å². The van der Waals surface area contributed by atoms with Crippen LogP contribution in [0, 0.1) is 0 Å². The minimum absolute atomic E-state index is 0.449. The molecule has 0 saturated carbocycles. The molecular weight excluding hydrogens is 226 g/mol. The lowest BCUT2D eigenvalue weighted by Gasteiger charge is -2.25. The summed E-state index contributed by atoms with van der Waals surface area (Å²) in [7, 11) is 3.83. The van der Waals surface area contributed by atoms with Gasteiger partial charge in [-0.05, 0) is 38.4 Å². The van der Waals surface area contributed by atoms with Gasteiger partial charge in [0, 0.05) is 0 Å². The number of hydrogen-bond donors (Lipinski definition) is 0. The molecular formula is C15H17NO2. The average molecular weight is 243 g/mol. The van der Waals surface area contributed by atoms with Gasteiger partial charge in [-0.1, -0.05) is 36.4 Å². The normalized spacial score (nSPS) is 10.7. The lowest BCUT2D eigenvalue weighted by molar-refractivity contribution is -0.0933. The van der Waals surface area contributed by atoms with Crippen LogP contribution in [0.3, 0.4) is 0 Å². The van der Waals surface area contributed by atoms with Gasteiger partial charge >= 0.3 is 6.41 Å². The van der Waals surface area contributed by atoms with Crippen LogP contribution in [0.25, 0.3) is 0 Å². The molecule has 94 valence electrons. The third-order valence-electron chi connectivity index (χ3n) is 2.38. The van der Waals surface area contributed by atoms with Gasteiger partial charge < -0.3 is 9.47 Å². The van der Waals surface area contributed by atoms with Crippen LogP contribution in [0.1, 0.15) is 0 Å². The van der Waals surface area contributed by atoms with Gasteiger partial charge in [-0.3, -0.25) is 0 Å². The first-order chi connectivity index (χ1) is 8.75. The summed E-state index contributed by atoms with van der Waals surface area (Å²) in [5, 5.41) is 0. The van der Waals surface area contributed by atoms with Crippen molar-refractivity contribution in [2.75, 3.05) is 14.1 Å². The van der Waals surface area contributed by atoms with E-state index in [4.69, 9.17) is 9.47 Å². The van der Waals surface area contributed by atoms with Gasteiger partial charge in [-0.2, -0.15) is 0 Å². The SMILES string of the molecule is CN(C)C(Oc1ccccc1)Oc1ccccc1. The summed E-state index contributed by atoms with van der Waals surface area (Å²) in [6, 6.07) is 19.3. The van der Waals surface area contributed by atoms with Crippen LogP contribution in [0.15, 0.2) is 60.7 Å². The van der Waals surface area contributed by atoms with E-state index in [2.05, 4.69) is 0 Å². The monoisotopic (exact) mass is 243 g/mol. The molecule has 0 N–H and O–H groups in total. The van der Waals surface area contributed by atoms with E-state index in [1.165, 1.54) is 0 Å². The number of benzene rings is 2. The minimum atomic E-state index is -0.449. The second-order valence-electron chi connectivity index (χ2n) is 4.13. The lowest BCUT2D eigenvalue weighted by Crippen LogP contribution is -2.38. The van der Waals surface area contributed by atoms with Gasteiger partial charge in [0.25, 0.3) is 0 Å². The van der Waals surface area contributed by atoms with Gasteiger partial charge in [0.1, 0.15) is 11.5 Å². The van der Waals surface area contributed by atoms with Crippen molar-refractivity contribution in [1.82, 2.24) is 4.90 Å². The second kappa shape index (κ2) is 6.07. The highest BCUT2D eigenvalue weighted by Crippen LogP contribution is 2.16. The number of rotatable bonds is 5. The molecule has 0 saturated heterocycles. The van der Waals surface area contributed by atoms with Gasteiger partial charge in [0.15, 0.2) is 0 Å². The Balaban J connectivity index is 2.05. The molecule has 0 aromatic heterocycles. The zero-order chi connectivity index (χ0) is 12.8. The molecule has 3 heteroatoms. The Labute approximate surface area is 108 Å². The summed E-state index contributed by atoms with van der Waals surface area (Å²) in [5.41, 5.74) is 0. The predicted molar refractivity (Wildman–Crippen MR) is 71.6 cm³/mol. The molecule has 18 heavy (non-hydrogen) atoms. The van der Waals surface area contributed by atoms with Crippen molar-refractivity contribution in [2.45, 2.75) is 6.41 Å². The molecule has 0 atom stereocenters. The van der Waals surface area contributed by atoms with Crippen molar-refractivity contribution in [3.8, 4) is 11.5 Å². The van der Waals surface area contributed by atoms with Crippen LogP contribution in [0.4, 0.5) is 0 Å². The quantitative estimate of drug-likeness (QED) is 0.753. The van der Waals surface area contributed by atoms with Gasteiger partial charge in [-0.15, -0.1) is 0 Å². The van der Waals surface area contributed by atoms with Crippen LogP contribution >= 0.6 is 0 Å². The Hall–Kier alpha value is -2.00. The summed E-state index contributed by atoms with van der Waals surface area (Å²) in [5.74, 6) is 1.57.